The lowest BCUT2D eigenvalue weighted by Crippen LogP contribution is -2.58. The van der Waals surface area contributed by atoms with Crippen LogP contribution in [0.4, 0.5) is 0 Å². The van der Waals surface area contributed by atoms with Gasteiger partial charge in [-0.2, -0.15) is 0 Å². The molecule has 0 aromatic carbocycles. The maximum Gasteiger partial charge on any atom is 0.0910 e. The Hall–Kier alpha value is -0.0800. The van der Waals surface area contributed by atoms with Gasteiger partial charge in [0.05, 0.1) is 11.7 Å². The minimum atomic E-state index is -0.888. The van der Waals surface area contributed by atoms with Gasteiger partial charge in [0.15, 0.2) is 0 Å². The van der Waals surface area contributed by atoms with E-state index in [4.69, 9.17) is 0 Å². The van der Waals surface area contributed by atoms with Crippen LogP contribution in [0.3, 0.4) is 0 Å². The van der Waals surface area contributed by atoms with Gasteiger partial charge in [-0.05, 0) is 62.2 Å². The summed E-state index contributed by atoms with van der Waals surface area (Å²) in [7, 11) is 0. The first-order valence-electron chi connectivity index (χ1n) is 7.18. The lowest BCUT2D eigenvalue weighted by molar-refractivity contribution is -0.186. The summed E-state index contributed by atoms with van der Waals surface area (Å²) >= 11 is 0. The fourth-order valence-corrected chi connectivity index (χ4v) is 4.23. The molecule has 0 heterocycles. The number of aliphatic hydroxyl groups is 2. The van der Waals surface area contributed by atoms with Crippen molar-refractivity contribution in [2.45, 2.75) is 71.5 Å². The highest BCUT2D eigenvalue weighted by molar-refractivity contribution is 5.05. The van der Waals surface area contributed by atoms with Crippen LogP contribution in [0, 0.1) is 23.2 Å². The molecular weight excluding hydrogens is 212 g/mol. The van der Waals surface area contributed by atoms with Crippen molar-refractivity contribution in [3.63, 3.8) is 0 Å². The van der Waals surface area contributed by atoms with Crippen LogP contribution in [0.15, 0.2) is 0 Å². The first-order valence-corrected chi connectivity index (χ1v) is 7.18. The van der Waals surface area contributed by atoms with E-state index in [1.165, 1.54) is 12.8 Å². The van der Waals surface area contributed by atoms with Crippen molar-refractivity contribution in [2.24, 2.45) is 23.2 Å². The third-order valence-electron chi connectivity index (χ3n) is 5.78. The van der Waals surface area contributed by atoms with Gasteiger partial charge in [-0.15, -0.1) is 0 Å². The topological polar surface area (TPSA) is 40.5 Å². The van der Waals surface area contributed by atoms with E-state index < -0.39 is 11.7 Å². The largest absolute Gasteiger partial charge is 0.390 e. The van der Waals surface area contributed by atoms with Gasteiger partial charge in [0.1, 0.15) is 0 Å². The number of aliphatic hydroxyl groups excluding tert-OH is 1. The van der Waals surface area contributed by atoms with Crippen molar-refractivity contribution in [3.05, 3.63) is 0 Å². The molecule has 0 spiro atoms. The number of rotatable bonds is 1. The summed E-state index contributed by atoms with van der Waals surface area (Å²) in [6, 6.07) is 0. The van der Waals surface area contributed by atoms with Crippen LogP contribution in [0.25, 0.3) is 0 Å². The summed E-state index contributed by atoms with van der Waals surface area (Å²) in [5.41, 5.74) is -0.644. The Morgan fingerprint density at radius 2 is 1.71 bits per heavy atom. The van der Waals surface area contributed by atoms with Gasteiger partial charge in [0, 0.05) is 0 Å². The van der Waals surface area contributed by atoms with Gasteiger partial charge < -0.3 is 10.2 Å². The number of hydrogen-bond acceptors (Lipinski definition) is 2. The van der Waals surface area contributed by atoms with E-state index in [9.17, 15) is 10.2 Å². The van der Waals surface area contributed by atoms with Crippen LogP contribution in [-0.2, 0) is 0 Å². The van der Waals surface area contributed by atoms with Crippen molar-refractivity contribution in [3.8, 4) is 0 Å². The van der Waals surface area contributed by atoms with Crippen LogP contribution >= 0.6 is 0 Å². The molecule has 1 unspecified atom stereocenters. The van der Waals surface area contributed by atoms with Crippen LogP contribution in [-0.4, -0.2) is 21.9 Å². The molecule has 0 radical (unpaired) electrons. The predicted octanol–water partition coefficient (Wildman–Crippen LogP) is 2.97. The van der Waals surface area contributed by atoms with Gasteiger partial charge >= 0.3 is 0 Å². The Balaban J connectivity index is 2.22. The highest BCUT2D eigenvalue weighted by atomic mass is 16.3. The van der Waals surface area contributed by atoms with Gasteiger partial charge in [-0.25, -0.2) is 0 Å². The fourth-order valence-electron chi connectivity index (χ4n) is 4.23. The van der Waals surface area contributed by atoms with Gasteiger partial charge in [0.2, 0.25) is 0 Å². The molecule has 0 saturated heterocycles. The maximum absolute atomic E-state index is 10.7. The van der Waals surface area contributed by atoms with Crippen LogP contribution in [0.5, 0.6) is 0 Å². The predicted molar refractivity (Wildman–Crippen MR) is 69.6 cm³/mol. The summed E-state index contributed by atoms with van der Waals surface area (Å²) in [6.45, 7) is 8.72. The summed E-state index contributed by atoms with van der Waals surface area (Å²) in [5, 5.41) is 20.7. The summed E-state index contributed by atoms with van der Waals surface area (Å²) < 4.78 is 0. The lowest BCUT2D eigenvalue weighted by Gasteiger charge is -2.56. The molecule has 2 aliphatic rings. The van der Waals surface area contributed by atoms with Crippen molar-refractivity contribution in [1.29, 1.82) is 0 Å². The Morgan fingerprint density at radius 1 is 1.12 bits per heavy atom. The molecule has 2 heteroatoms. The second kappa shape index (κ2) is 4.24. The lowest BCUT2D eigenvalue weighted by atomic mass is 9.52. The molecule has 2 saturated carbocycles. The first-order chi connectivity index (χ1) is 7.77. The van der Waals surface area contributed by atoms with E-state index in [2.05, 4.69) is 20.8 Å². The average Bonchev–Trinajstić information content (AvgIpc) is 2.24. The Bertz CT molecular complexity index is 280. The summed E-state index contributed by atoms with van der Waals surface area (Å²) in [5.74, 6) is 1.67. The van der Waals surface area contributed by atoms with Crippen molar-refractivity contribution in [2.75, 3.05) is 0 Å². The molecule has 2 rings (SSSR count). The SMILES string of the molecule is CC(C)[C@@H]1CC[C@]2(C)CCC(O)[C@](C)(O)[C@H]2C1. The minimum Gasteiger partial charge on any atom is -0.390 e. The zero-order valence-corrected chi connectivity index (χ0v) is 11.7. The Labute approximate surface area is 105 Å². The smallest absolute Gasteiger partial charge is 0.0910 e. The van der Waals surface area contributed by atoms with Crippen LogP contribution < -0.4 is 0 Å². The fraction of sp³-hybridized carbons (Fsp3) is 1.00. The second-order valence-electron chi connectivity index (χ2n) is 7.27. The molecule has 2 aliphatic carbocycles. The van der Waals surface area contributed by atoms with E-state index in [0.29, 0.717) is 11.8 Å². The van der Waals surface area contributed by atoms with Gasteiger partial charge in [-0.1, -0.05) is 20.8 Å². The normalized spacial score (nSPS) is 51.4. The molecule has 0 amide bonds. The Kier molecular flexibility index (Phi) is 3.33. The highest BCUT2D eigenvalue weighted by Crippen LogP contribution is 2.56. The number of fused-ring (bicyclic) bond motifs is 1. The van der Waals surface area contributed by atoms with E-state index in [-0.39, 0.29) is 11.3 Å². The van der Waals surface area contributed by atoms with Crippen LogP contribution in [0.2, 0.25) is 0 Å². The molecule has 2 fully saturated rings. The first kappa shape index (κ1) is 13.4. The summed E-state index contributed by atoms with van der Waals surface area (Å²) in [6.07, 6.45) is 4.87. The Morgan fingerprint density at radius 3 is 2.29 bits per heavy atom. The molecular formula is C15H28O2. The van der Waals surface area contributed by atoms with Crippen molar-refractivity contribution < 1.29 is 10.2 Å². The van der Waals surface area contributed by atoms with E-state index >= 15 is 0 Å². The number of hydrogen-bond donors (Lipinski definition) is 2. The standard InChI is InChI=1S/C15H28O2/c1-10(2)11-5-7-14(3)8-6-13(16)15(4,17)12(14)9-11/h10-13,16-17H,5-9H2,1-4H3/t11-,12+,13?,14-,15-/m1/s1. The molecule has 2 N–H and O–H groups in total. The molecule has 0 bridgehead atoms. The van der Waals surface area contributed by atoms with E-state index in [1.807, 2.05) is 6.92 Å². The summed E-state index contributed by atoms with van der Waals surface area (Å²) in [4.78, 5) is 0. The third kappa shape index (κ3) is 2.15. The average molecular weight is 240 g/mol. The van der Waals surface area contributed by atoms with E-state index in [0.717, 1.165) is 19.3 Å². The van der Waals surface area contributed by atoms with Crippen molar-refractivity contribution in [1.82, 2.24) is 0 Å². The van der Waals surface area contributed by atoms with Crippen LogP contribution in [0.1, 0.15) is 59.8 Å². The zero-order valence-electron chi connectivity index (χ0n) is 11.7. The minimum absolute atomic E-state index is 0.244. The molecule has 100 valence electrons. The van der Waals surface area contributed by atoms with E-state index in [1.54, 1.807) is 0 Å². The molecule has 5 atom stereocenters. The molecule has 2 nitrogen and oxygen atoms in total. The second-order valence-corrected chi connectivity index (χ2v) is 7.27. The molecule has 17 heavy (non-hydrogen) atoms. The zero-order chi connectivity index (χ0) is 12.8. The molecule has 0 aliphatic heterocycles. The van der Waals surface area contributed by atoms with Gasteiger partial charge in [-0.3, -0.25) is 0 Å². The molecule has 0 aromatic heterocycles. The quantitative estimate of drug-likeness (QED) is 0.740. The monoisotopic (exact) mass is 240 g/mol. The third-order valence-corrected chi connectivity index (χ3v) is 5.78. The maximum atomic E-state index is 10.7. The van der Waals surface area contributed by atoms with Crippen molar-refractivity contribution >= 4 is 0 Å². The molecule has 0 aromatic rings. The van der Waals surface area contributed by atoms with Gasteiger partial charge in [0.25, 0.3) is 0 Å². The highest BCUT2D eigenvalue weighted by Gasteiger charge is 2.54.